The first-order valence-corrected chi connectivity index (χ1v) is 4.76. The van der Waals surface area contributed by atoms with E-state index in [4.69, 9.17) is 9.84 Å². The van der Waals surface area contributed by atoms with Crippen molar-refractivity contribution in [2.75, 3.05) is 13.7 Å². The van der Waals surface area contributed by atoms with Crippen LogP contribution in [0.1, 0.15) is 12.0 Å². The summed E-state index contributed by atoms with van der Waals surface area (Å²) in [5.41, 5.74) is 0.973. The highest BCUT2D eigenvalue weighted by atomic mass is 16.5. The van der Waals surface area contributed by atoms with Crippen LogP contribution in [0.4, 0.5) is 0 Å². The highest BCUT2D eigenvalue weighted by molar-refractivity contribution is 5.75. The number of hydrogen-bond donors (Lipinski definition) is 2. The van der Waals surface area contributed by atoms with Gasteiger partial charge in [-0.05, 0) is 17.7 Å². The molecule has 4 heteroatoms. The van der Waals surface area contributed by atoms with E-state index in [1.165, 1.54) is 0 Å². The zero-order valence-corrected chi connectivity index (χ0v) is 8.69. The maximum Gasteiger partial charge on any atom is 0.222 e. The molecule has 0 saturated carbocycles. The normalized spacial score (nSPS) is 9.73. The molecule has 0 unspecified atom stereocenters. The van der Waals surface area contributed by atoms with Crippen LogP contribution >= 0.6 is 0 Å². The SMILES string of the molecule is COc1cccc(CNC(=O)CCO)c1. The molecule has 0 aromatic heterocycles. The zero-order valence-electron chi connectivity index (χ0n) is 8.69. The van der Waals surface area contributed by atoms with E-state index in [9.17, 15) is 4.79 Å². The molecule has 82 valence electrons. The van der Waals surface area contributed by atoms with Gasteiger partial charge in [0.2, 0.25) is 5.91 Å². The fourth-order valence-electron chi connectivity index (χ4n) is 1.17. The Labute approximate surface area is 88.9 Å². The third-order valence-electron chi connectivity index (χ3n) is 1.96. The first-order valence-electron chi connectivity index (χ1n) is 4.76. The maximum atomic E-state index is 11.1. The molecule has 1 rings (SSSR count). The van der Waals surface area contributed by atoms with Gasteiger partial charge in [-0.15, -0.1) is 0 Å². The van der Waals surface area contributed by atoms with E-state index in [1.54, 1.807) is 7.11 Å². The molecule has 0 fully saturated rings. The van der Waals surface area contributed by atoms with Gasteiger partial charge in [-0.25, -0.2) is 0 Å². The molecule has 1 amide bonds. The van der Waals surface area contributed by atoms with Gasteiger partial charge in [-0.1, -0.05) is 12.1 Å². The zero-order chi connectivity index (χ0) is 11.1. The number of carbonyl (C=O) groups excluding carboxylic acids is 1. The molecular weight excluding hydrogens is 194 g/mol. The lowest BCUT2D eigenvalue weighted by atomic mass is 10.2. The molecule has 0 bridgehead atoms. The molecule has 0 radical (unpaired) electrons. The Morgan fingerprint density at radius 3 is 3.00 bits per heavy atom. The van der Waals surface area contributed by atoms with Gasteiger partial charge in [0.1, 0.15) is 5.75 Å². The van der Waals surface area contributed by atoms with Crippen molar-refractivity contribution in [2.24, 2.45) is 0 Å². The van der Waals surface area contributed by atoms with Gasteiger partial charge in [-0.3, -0.25) is 4.79 Å². The number of hydrogen-bond acceptors (Lipinski definition) is 3. The summed E-state index contributed by atoms with van der Waals surface area (Å²) in [6, 6.07) is 7.48. The summed E-state index contributed by atoms with van der Waals surface area (Å²) in [7, 11) is 1.60. The summed E-state index contributed by atoms with van der Waals surface area (Å²) >= 11 is 0. The third kappa shape index (κ3) is 3.99. The van der Waals surface area contributed by atoms with E-state index < -0.39 is 0 Å². The van der Waals surface area contributed by atoms with Crippen LogP contribution in [0.5, 0.6) is 5.75 Å². The molecule has 4 nitrogen and oxygen atoms in total. The fraction of sp³-hybridized carbons (Fsp3) is 0.364. The van der Waals surface area contributed by atoms with E-state index >= 15 is 0 Å². The molecule has 0 heterocycles. The Balaban J connectivity index is 2.46. The van der Waals surface area contributed by atoms with Crippen LogP contribution in [0.25, 0.3) is 0 Å². The van der Waals surface area contributed by atoms with Crippen molar-refractivity contribution in [3.8, 4) is 5.75 Å². The van der Waals surface area contributed by atoms with Crippen molar-refractivity contribution in [2.45, 2.75) is 13.0 Å². The summed E-state index contributed by atoms with van der Waals surface area (Å²) in [4.78, 5) is 11.1. The Morgan fingerprint density at radius 1 is 1.53 bits per heavy atom. The molecule has 0 atom stereocenters. The molecule has 0 aliphatic rings. The van der Waals surface area contributed by atoms with E-state index in [0.717, 1.165) is 11.3 Å². The number of benzene rings is 1. The molecule has 1 aromatic carbocycles. The Kier molecular flexibility index (Phi) is 4.63. The minimum Gasteiger partial charge on any atom is -0.497 e. The minimum atomic E-state index is -0.152. The molecule has 1 aromatic rings. The lowest BCUT2D eigenvalue weighted by Gasteiger charge is -2.05. The van der Waals surface area contributed by atoms with E-state index in [2.05, 4.69) is 5.32 Å². The Hall–Kier alpha value is -1.55. The van der Waals surface area contributed by atoms with Crippen LogP contribution in [0, 0.1) is 0 Å². The maximum absolute atomic E-state index is 11.1. The third-order valence-corrected chi connectivity index (χ3v) is 1.96. The average Bonchev–Trinajstić information content (AvgIpc) is 2.27. The van der Waals surface area contributed by atoms with Crippen LogP contribution in [0.2, 0.25) is 0 Å². The highest BCUT2D eigenvalue weighted by Crippen LogP contribution is 2.11. The van der Waals surface area contributed by atoms with E-state index in [-0.39, 0.29) is 18.9 Å². The lowest BCUT2D eigenvalue weighted by Crippen LogP contribution is -2.23. The monoisotopic (exact) mass is 209 g/mol. The first kappa shape index (κ1) is 11.5. The van der Waals surface area contributed by atoms with E-state index in [1.807, 2.05) is 24.3 Å². The van der Waals surface area contributed by atoms with Crippen molar-refractivity contribution < 1.29 is 14.6 Å². The van der Waals surface area contributed by atoms with Crippen LogP contribution in [0.15, 0.2) is 24.3 Å². The number of ether oxygens (including phenoxy) is 1. The number of aliphatic hydroxyl groups is 1. The van der Waals surface area contributed by atoms with Crippen molar-refractivity contribution in [3.63, 3.8) is 0 Å². The molecule has 0 saturated heterocycles. The summed E-state index contributed by atoms with van der Waals surface area (Å²) in [5, 5.41) is 11.2. The number of carbonyl (C=O) groups is 1. The number of aliphatic hydroxyl groups excluding tert-OH is 1. The molecular formula is C11H15NO3. The predicted octanol–water partition coefficient (Wildman–Crippen LogP) is 0.694. The minimum absolute atomic E-state index is 0.121. The number of amides is 1. The van der Waals surface area contributed by atoms with Gasteiger partial charge in [-0.2, -0.15) is 0 Å². The first-order chi connectivity index (χ1) is 7.26. The smallest absolute Gasteiger partial charge is 0.222 e. The van der Waals surface area contributed by atoms with Gasteiger partial charge in [0.25, 0.3) is 0 Å². The van der Waals surface area contributed by atoms with Gasteiger partial charge in [0, 0.05) is 13.0 Å². The standard InChI is InChI=1S/C11H15NO3/c1-15-10-4-2-3-9(7-10)8-12-11(14)5-6-13/h2-4,7,13H,5-6,8H2,1H3,(H,12,14). The summed E-state index contributed by atoms with van der Waals surface area (Å²) in [6.07, 6.45) is 0.143. The molecule has 0 aliphatic heterocycles. The average molecular weight is 209 g/mol. The summed E-state index contributed by atoms with van der Waals surface area (Å²) in [6.45, 7) is 0.333. The molecule has 0 spiro atoms. The summed E-state index contributed by atoms with van der Waals surface area (Å²) in [5.74, 6) is 0.615. The predicted molar refractivity (Wildman–Crippen MR) is 56.5 cm³/mol. The van der Waals surface area contributed by atoms with Crippen LogP contribution in [-0.2, 0) is 11.3 Å². The van der Waals surface area contributed by atoms with Gasteiger partial charge in [0.05, 0.1) is 13.7 Å². The highest BCUT2D eigenvalue weighted by Gasteiger charge is 2.00. The van der Waals surface area contributed by atoms with Crippen LogP contribution in [0.3, 0.4) is 0 Å². The number of methoxy groups -OCH3 is 1. The molecule has 0 aliphatic carbocycles. The largest absolute Gasteiger partial charge is 0.497 e. The van der Waals surface area contributed by atoms with Crippen molar-refractivity contribution in [1.29, 1.82) is 0 Å². The molecule has 2 N–H and O–H groups in total. The second kappa shape index (κ2) is 6.03. The Bertz CT molecular complexity index is 325. The van der Waals surface area contributed by atoms with Gasteiger partial charge < -0.3 is 15.2 Å². The van der Waals surface area contributed by atoms with Crippen molar-refractivity contribution in [1.82, 2.24) is 5.32 Å². The fourth-order valence-corrected chi connectivity index (χ4v) is 1.17. The quantitative estimate of drug-likeness (QED) is 0.750. The number of rotatable bonds is 5. The van der Waals surface area contributed by atoms with Gasteiger partial charge in [0.15, 0.2) is 0 Å². The molecule has 15 heavy (non-hydrogen) atoms. The second-order valence-corrected chi connectivity index (χ2v) is 3.10. The van der Waals surface area contributed by atoms with Crippen molar-refractivity contribution in [3.05, 3.63) is 29.8 Å². The Morgan fingerprint density at radius 2 is 2.33 bits per heavy atom. The second-order valence-electron chi connectivity index (χ2n) is 3.10. The van der Waals surface area contributed by atoms with Crippen LogP contribution in [-0.4, -0.2) is 24.7 Å². The van der Waals surface area contributed by atoms with Crippen molar-refractivity contribution >= 4 is 5.91 Å². The van der Waals surface area contributed by atoms with Crippen LogP contribution < -0.4 is 10.1 Å². The van der Waals surface area contributed by atoms with Gasteiger partial charge >= 0.3 is 0 Å². The summed E-state index contributed by atoms with van der Waals surface area (Å²) < 4.78 is 5.06. The number of nitrogens with one attached hydrogen (secondary N) is 1. The topological polar surface area (TPSA) is 58.6 Å². The lowest BCUT2D eigenvalue weighted by molar-refractivity contribution is -0.121. The van der Waals surface area contributed by atoms with E-state index in [0.29, 0.717) is 6.54 Å².